The molecule has 0 aromatic carbocycles. The highest BCUT2D eigenvalue weighted by Gasteiger charge is 2.68. The third kappa shape index (κ3) is 7.85. The van der Waals surface area contributed by atoms with Gasteiger partial charge in [-0.15, -0.1) is 0 Å². The third-order valence-electron chi connectivity index (χ3n) is 3.06. The van der Waals surface area contributed by atoms with Crippen molar-refractivity contribution in [3.8, 4) is 0 Å². The van der Waals surface area contributed by atoms with Crippen LogP contribution in [0.25, 0.3) is 0 Å². The summed E-state index contributed by atoms with van der Waals surface area (Å²) in [4.78, 5) is 12.1. The summed E-state index contributed by atoms with van der Waals surface area (Å²) in [5.41, 5.74) is 0. The maximum absolute atomic E-state index is 12.1. The topological polar surface area (TPSA) is 85.2 Å². The first-order valence-electron chi connectivity index (χ1n) is 8.88. The number of carbonyl (C=O) groups excluding carboxylic acids is 1. The Labute approximate surface area is 157 Å². The Morgan fingerprint density at radius 1 is 0.880 bits per heavy atom. The molecule has 10 heteroatoms. The van der Waals surface area contributed by atoms with Crippen LogP contribution in [0.15, 0.2) is 0 Å². The van der Waals surface area contributed by atoms with Gasteiger partial charge in [0.05, 0.1) is 6.10 Å². The van der Waals surface area contributed by atoms with Crippen molar-refractivity contribution in [1.29, 1.82) is 0 Å². The van der Waals surface area contributed by atoms with E-state index in [0.29, 0.717) is 12.7 Å². The molecule has 6 nitrogen and oxygen atoms in total. The predicted molar refractivity (Wildman–Crippen MR) is 111 cm³/mol. The van der Waals surface area contributed by atoms with Crippen LogP contribution in [-0.4, -0.2) is 61.6 Å². The summed E-state index contributed by atoms with van der Waals surface area (Å²) in [6.07, 6.45) is -0.0108. The first-order chi connectivity index (χ1) is 10.9. The number of hydrogen-bond donors (Lipinski definition) is 2. The number of aliphatic hydroxyl groups excluding tert-OH is 1. The molecule has 0 saturated carbocycles. The molecular formula is C15H38O6Si4. The number of aldehydes is 1. The summed E-state index contributed by atoms with van der Waals surface area (Å²) < 4.78 is 19.1. The van der Waals surface area contributed by atoms with Gasteiger partial charge < -0.3 is 27.4 Å². The Morgan fingerprint density at radius 3 is 1.40 bits per heavy atom. The zero-order chi connectivity index (χ0) is 20.3. The third-order valence-corrected chi connectivity index (χ3v) is 15.1. The molecule has 0 bridgehead atoms. The monoisotopic (exact) mass is 426 g/mol. The lowest BCUT2D eigenvalue weighted by atomic mass is 10.1. The highest BCUT2D eigenvalue weighted by molar-refractivity contribution is 6.92. The summed E-state index contributed by atoms with van der Waals surface area (Å²) in [5.74, 6) is 0. The van der Waals surface area contributed by atoms with E-state index in [9.17, 15) is 15.0 Å². The first kappa shape index (κ1) is 25.3. The van der Waals surface area contributed by atoms with Gasteiger partial charge in [-0.3, -0.25) is 0 Å². The maximum Gasteiger partial charge on any atom is 0.513 e. The van der Waals surface area contributed by atoms with Crippen molar-refractivity contribution in [2.45, 2.75) is 90.0 Å². The van der Waals surface area contributed by atoms with E-state index in [4.69, 9.17) is 12.3 Å². The van der Waals surface area contributed by atoms with E-state index in [0.717, 1.165) is 0 Å². The van der Waals surface area contributed by atoms with Crippen LogP contribution >= 0.6 is 0 Å². The molecule has 0 heterocycles. The Balaban J connectivity index is 6.50. The average Bonchev–Trinajstić information content (AvgIpc) is 2.31. The van der Waals surface area contributed by atoms with E-state index >= 15 is 0 Å². The second-order valence-corrected chi connectivity index (χ2v) is 26.5. The van der Waals surface area contributed by atoms with Crippen LogP contribution in [0.4, 0.5) is 0 Å². The molecule has 0 aliphatic carbocycles. The molecule has 2 atom stereocenters. The average molecular weight is 427 g/mol. The van der Waals surface area contributed by atoms with Crippen LogP contribution in [0.1, 0.15) is 19.8 Å². The van der Waals surface area contributed by atoms with Crippen LogP contribution in [0.3, 0.4) is 0 Å². The molecule has 0 aromatic rings. The smallest absolute Gasteiger partial charge is 0.415 e. The first-order valence-corrected chi connectivity index (χ1v) is 20.8. The summed E-state index contributed by atoms with van der Waals surface area (Å²) in [7, 11) is -10.7. The predicted octanol–water partition coefficient (Wildman–Crippen LogP) is 3.11. The molecule has 0 aliphatic heterocycles. The number of aliphatic hydroxyl groups is 2. The van der Waals surface area contributed by atoms with Crippen LogP contribution < -0.4 is 0 Å². The van der Waals surface area contributed by atoms with Crippen LogP contribution in [0.5, 0.6) is 0 Å². The van der Waals surface area contributed by atoms with Gasteiger partial charge in [0.25, 0.3) is 0 Å². The number of carbonyl (C=O) groups is 1. The fourth-order valence-electron chi connectivity index (χ4n) is 2.37. The molecule has 0 rings (SSSR count). The Kier molecular flexibility index (Phi) is 8.68. The fraction of sp³-hybridized carbons (Fsp3) is 0.933. The van der Waals surface area contributed by atoms with Crippen molar-refractivity contribution in [3.63, 3.8) is 0 Å². The second-order valence-electron chi connectivity index (χ2n) is 9.45. The van der Waals surface area contributed by atoms with Crippen molar-refractivity contribution in [1.82, 2.24) is 0 Å². The summed E-state index contributed by atoms with van der Waals surface area (Å²) in [6, 6.07) is 0. The van der Waals surface area contributed by atoms with Gasteiger partial charge in [0.2, 0.25) is 5.22 Å². The van der Waals surface area contributed by atoms with Crippen molar-refractivity contribution < 1.29 is 27.4 Å². The lowest BCUT2D eigenvalue weighted by molar-refractivity contribution is -0.132. The molecule has 0 aromatic heterocycles. The molecule has 0 spiro atoms. The minimum atomic E-state index is -3.93. The Bertz CT molecular complexity index is 400. The lowest BCUT2D eigenvalue weighted by Gasteiger charge is -2.49. The SMILES string of the molecule is CCCC(O)C(O)(C=O)[Si](O[Si](C)(C)C)(O[Si](C)(C)C)O[Si](C)(C)C. The van der Waals surface area contributed by atoms with Gasteiger partial charge in [-0.25, -0.2) is 0 Å². The van der Waals surface area contributed by atoms with Gasteiger partial charge >= 0.3 is 8.80 Å². The van der Waals surface area contributed by atoms with Crippen molar-refractivity contribution in [2.24, 2.45) is 0 Å². The van der Waals surface area contributed by atoms with Crippen LogP contribution in [0.2, 0.25) is 58.9 Å². The van der Waals surface area contributed by atoms with Gasteiger partial charge in [-0.2, -0.15) is 0 Å². The molecular weight excluding hydrogens is 389 g/mol. The fourth-order valence-corrected chi connectivity index (χ4v) is 16.3. The van der Waals surface area contributed by atoms with Gasteiger partial charge in [0.1, 0.15) is 0 Å². The van der Waals surface area contributed by atoms with Crippen molar-refractivity contribution in [3.05, 3.63) is 0 Å². The van der Waals surface area contributed by atoms with E-state index in [-0.39, 0.29) is 6.42 Å². The maximum atomic E-state index is 12.1. The normalized spacial score (nSPS) is 17.9. The molecule has 2 N–H and O–H groups in total. The van der Waals surface area contributed by atoms with E-state index in [2.05, 4.69) is 0 Å². The molecule has 0 amide bonds. The number of hydrogen-bond acceptors (Lipinski definition) is 6. The largest absolute Gasteiger partial charge is 0.513 e. The second kappa shape index (κ2) is 8.57. The highest BCUT2D eigenvalue weighted by Crippen LogP contribution is 2.36. The van der Waals surface area contributed by atoms with Gasteiger partial charge in [-0.05, 0) is 65.3 Å². The molecule has 25 heavy (non-hydrogen) atoms. The molecule has 0 saturated heterocycles. The van der Waals surface area contributed by atoms with Crippen molar-refractivity contribution >= 4 is 40.0 Å². The molecule has 0 aliphatic rings. The van der Waals surface area contributed by atoms with Crippen LogP contribution in [0, 0.1) is 0 Å². The summed E-state index contributed by atoms with van der Waals surface area (Å²) in [6.45, 7) is 19.6. The molecule has 0 fully saturated rings. The van der Waals surface area contributed by atoms with E-state index in [1.54, 1.807) is 0 Å². The summed E-state index contributed by atoms with van der Waals surface area (Å²) in [5, 5.41) is 19.8. The lowest BCUT2D eigenvalue weighted by Crippen LogP contribution is -2.77. The van der Waals surface area contributed by atoms with Gasteiger partial charge in [0.15, 0.2) is 31.2 Å². The van der Waals surface area contributed by atoms with E-state index < -0.39 is 45.1 Å². The molecule has 0 radical (unpaired) electrons. The molecule has 2 unspecified atom stereocenters. The quantitative estimate of drug-likeness (QED) is 0.390. The number of rotatable bonds is 11. The summed E-state index contributed by atoms with van der Waals surface area (Å²) >= 11 is 0. The standard InChI is InChI=1S/C15H38O6Si4/c1-11-12-14(17)15(18,13-16)25(19-22(2,3)4,20-23(5,6)7)21-24(8,9)10/h13-14,17-18H,11-12H2,1-10H3. The highest BCUT2D eigenvalue weighted by atomic mass is 28.5. The Hall–Kier alpha value is 0.338. The minimum Gasteiger partial charge on any atom is -0.415 e. The van der Waals surface area contributed by atoms with Crippen molar-refractivity contribution in [2.75, 3.05) is 0 Å². The minimum absolute atomic E-state index is 0.267. The Morgan fingerprint density at radius 2 is 1.20 bits per heavy atom. The van der Waals surface area contributed by atoms with Crippen LogP contribution in [-0.2, 0) is 17.1 Å². The zero-order valence-electron chi connectivity index (χ0n) is 17.6. The van der Waals surface area contributed by atoms with Gasteiger partial charge in [-0.1, -0.05) is 13.3 Å². The zero-order valence-corrected chi connectivity index (χ0v) is 21.6. The van der Waals surface area contributed by atoms with Gasteiger partial charge in [0, 0.05) is 0 Å². The molecule has 150 valence electrons. The van der Waals surface area contributed by atoms with E-state index in [1.807, 2.05) is 65.8 Å². The van der Waals surface area contributed by atoms with E-state index in [1.165, 1.54) is 0 Å².